The minimum atomic E-state index is -4.54. The van der Waals surface area contributed by atoms with Crippen LogP contribution in [0.5, 0.6) is 5.75 Å². The Morgan fingerprint density at radius 2 is 1.94 bits per heavy atom. The van der Waals surface area contributed by atoms with Gasteiger partial charge in [-0.2, -0.15) is 18.4 Å². The van der Waals surface area contributed by atoms with Gasteiger partial charge in [-0.15, -0.1) is 0 Å². The number of carbonyl (C=O) groups excluding carboxylic acids is 1. The molecule has 1 amide bonds. The highest BCUT2D eigenvalue weighted by Crippen LogP contribution is 2.43. The van der Waals surface area contributed by atoms with Gasteiger partial charge in [0.2, 0.25) is 0 Å². The van der Waals surface area contributed by atoms with E-state index in [1.807, 2.05) is 32.9 Å². The molecule has 3 rings (SSSR count). The molecule has 1 heterocycles. The molecule has 33 heavy (non-hydrogen) atoms. The summed E-state index contributed by atoms with van der Waals surface area (Å²) in [6.45, 7) is 5.90. The average molecular weight is 474 g/mol. The second-order valence-electron chi connectivity index (χ2n) is 8.22. The van der Waals surface area contributed by atoms with Gasteiger partial charge >= 0.3 is 6.18 Å². The first-order valence-corrected chi connectivity index (χ1v) is 10.8. The number of phenols is 1. The Morgan fingerprint density at radius 3 is 2.58 bits per heavy atom. The van der Waals surface area contributed by atoms with Crippen molar-refractivity contribution in [3.05, 3.63) is 81.4 Å². The van der Waals surface area contributed by atoms with Crippen LogP contribution < -0.4 is 10.2 Å². The molecule has 1 aliphatic rings. The molecule has 0 unspecified atom stereocenters. The number of aromatic hydroxyl groups is 1. The molecule has 0 radical (unpaired) electrons. The number of hydrogen-bond donors (Lipinski definition) is 2. The van der Waals surface area contributed by atoms with Crippen LogP contribution in [0, 0.1) is 16.7 Å². The number of para-hydroxylation sites is 1. The first kappa shape index (κ1) is 24.3. The van der Waals surface area contributed by atoms with Gasteiger partial charge in [0.25, 0.3) is 5.91 Å². The molecule has 0 aromatic heterocycles. The van der Waals surface area contributed by atoms with Crippen LogP contribution in [0.4, 0.5) is 18.9 Å². The maximum absolute atomic E-state index is 13.1. The normalized spacial score (nSPS) is 15.4. The molecule has 0 bridgehead atoms. The predicted molar refractivity (Wildman–Crippen MR) is 122 cm³/mol. The van der Waals surface area contributed by atoms with Crippen LogP contribution in [0.15, 0.2) is 64.7 Å². The summed E-state index contributed by atoms with van der Waals surface area (Å²) >= 11 is 1.42. The zero-order valence-corrected chi connectivity index (χ0v) is 19.0. The topological polar surface area (TPSA) is 76.4 Å². The number of halogens is 3. The van der Waals surface area contributed by atoms with Gasteiger partial charge in [-0.1, -0.05) is 37.7 Å². The highest BCUT2D eigenvalue weighted by molar-refractivity contribution is 8.07. The third-order valence-corrected chi connectivity index (χ3v) is 5.84. The Hall–Kier alpha value is -3.38. The van der Waals surface area contributed by atoms with Gasteiger partial charge < -0.3 is 15.3 Å². The predicted octanol–water partition coefficient (Wildman–Crippen LogP) is 5.99. The van der Waals surface area contributed by atoms with Crippen LogP contribution in [0.2, 0.25) is 0 Å². The Morgan fingerprint density at radius 1 is 1.24 bits per heavy atom. The van der Waals surface area contributed by atoms with Crippen molar-refractivity contribution in [3.8, 4) is 11.8 Å². The molecule has 9 heteroatoms. The highest BCUT2D eigenvalue weighted by atomic mass is 32.2. The van der Waals surface area contributed by atoms with Crippen molar-refractivity contribution in [1.29, 1.82) is 5.26 Å². The molecule has 0 atom stereocenters. The van der Waals surface area contributed by atoms with Gasteiger partial charge in [-0.25, -0.2) is 0 Å². The summed E-state index contributed by atoms with van der Waals surface area (Å²) < 4.78 is 39.2. The zero-order chi connectivity index (χ0) is 24.4. The second kappa shape index (κ2) is 9.24. The van der Waals surface area contributed by atoms with Crippen LogP contribution in [-0.2, 0) is 6.18 Å². The number of nitrogens with one attached hydrogen (secondary N) is 1. The quantitative estimate of drug-likeness (QED) is 0.558. The molecule has 2 N–H and O–H groups in total. The lowest BCUT2D eigenvalue weighted by atomic mass is 9.93. The van der Waals surface area contributed by atoms with Crippen molar-refractivity contribution in [2.75, 3.05) is 11.4 Å². The van der Waals surface area contributed by atoms with E-state index in [-0.39, 0.29) is 23.4 Å². The maximum Gasteiger partial charge on any atom is 0.416 e. The van der Waals surface area contributed by atoms with Crippen LogP contribution in [0.25, 0.3) is 0 Å². The molecule has 0 fully saturated rings. The second-order valence-corrected chi connectivity index (χ2v) is 9.49. The van der Waals surface area contributed by atoms with E-state index < -0.39 is 23.1 Å². The van der Waals surface area contributed by atoms with Gasteiger partial charge in [-0.3, -0.25) is 4.79 Å². The van der Waals surface area contributed by atoms with Crippen molar-refractivity contribution < 1.29 is 23.1 Å². The molecular weight excluding hydrogens is 451 g/mol. The fourth-order valence-corrected chi connectivity index (χ4v) is 4.35. The van der Waals surface area contributed by atoms with Crippen molar-refractivity contribution in [3.63, 3.8) is 0 Å². The molecule has 0 saturated carbocycles. The number of alkyl halides is 3. The summed E-state index contributed by atoms with van der Waals surface area (Å²) in [5, 5.41) is 22.8. The third kappa shape index (κ3) is 5.71. The fraction of sp³-hybridized carbons (Fsp3) is 0.250. The molecule has 1 aliphatic heterocycles. The van der Waals surface area contributed by atoms with Crippen LogP contribution in [-0.4, -0.2) is 17.6 Å². The Kier molecular flexibility index (Phi) is 6.79. The number of anilines is 1. The van der Waals surface area contributed by atoms with Gasteiger partial charge in [0.1, 0.15) is 11.8 Å². The van der Waals surface area contributed by atoms with E-state index in [4.69, 9.17) is 0 Å². The van der Waals surface area contributed by atoms with E-state index in [1.54, 1.807) is 23.2 Å². The van der Waals surface area contributed by atoms with Crippen LogP contribution in [0.1, 0.15) is 42.3 Å². The summed E-state index contributed by atoms with van der Waals surface area (Å²) in [7, 11) is 0. The number of nitrogens with zero attached hydrogens (tertiary/aromatic N) is 2. The van der Waals surface area contributed by atoms with E-state index >= 15 is 0 Å². The van der Waals surface area contributed by atoms with E-state index in [1.165, 1.54) is 30.0 Å². The van der Waals surface area contributed by atoms with Crippen molar-refractivity contribution in [2.45, 2.75) is 26.9 Å². The molecule has 2 aromatic rings. The average Bonchev–Trinajstić information content (AvgIpc) is 3.10. The highest BCUT2D eigenvalue weighted by Gasteiger charge is 2.32. The summed E-state index contributed by atoms with van der Waals surface area (Å²) in [5.74, 6) is -0.533. The van der Waals surface area contributed by atoms with E-state index in [9.17, 15) is 28.3 Å². The lowest BCUT2D eigenvalue weighted by Crippen LogP contribution is -2.33. The molecule has 0 spiro atoms. The smallest absolute Gasteiger partial charge is 0.416 e. The fourth-order valence-electron chi connectivity index (χ4n) is 3.24. The van der Waals surface area contributed by atoms with Crippen LogP contribution in [0.3, 0.4) is 0 Å². The van der Waals surface area contributed by atoms with Gasteiger partial charge in [0.15, 0.2) is 0 Å². The molecular formula is C24H22F3N3O2S. The van der Waals surface area contributed by atoms with Crippen molar-refractivity contribution in [1.82, 2.24) is 5.32 Å². The van der Waals surface area contributed by atoms with Gasteiger partial charge in [0.05, 0.1) is 27.4 Å². The number of allylic oxidation sites excluding steroid dienone is 1. The van der Waals surface area contributed by atoms with Crippen molar-refractivity contribution in [2.24, 2.45) is 5.41 Å². The Balaban J connectivity index is 1.85. The number of nitriles is 1. The minimum absolute atomic E-state index is 0.0899. The number of carbonyl (C=O) groups is 1. The van der Waals surface area contributed by atoms with Gasteiger partial charge in [-0.05, 0) is 43.3 Å². The first-order chi connectivity index (χ1) is 15.4. The molecule has 2 aromatic carbocycles. The SMILES string of the molecule is CC1=CN(c2ccc(C(F)(F)F)cc2C#N)C(=CC(C)(C)CNC(=O)c2ccccc2O)S1. The number of rotatable bonds is 5. The van der Waals surface area contributed by atoms with E-state index in [0.29, 0.717) is 10.7 Å². The molecule has 0 aliphatic carbocycles. The number of thioether (sulfide) groups is 1. The molecule has 0 saturated heterocycles. The third-order valence-electron chi connectivity index (χ3n) is 4.89. The minimum Gasteiger partial charge on any atom is -0.507 e. The Labute approximate surface area is 194 Å². The largest absolute Gasteiger partial charge is 0.507 e. The monoisotopic (exact) mass is 473 g/mol. The van der Waals surface area contributed by atoms with E-state index in [0.717, 1.165) is 17.0 Å². The maximum atomic E-state index is 13.1. The van der Waals surface area contributed by atoms with Gasteiger partial charge in [0, 0.05) is 23.1 Å². The standard InChI is InChI=1S/C24H22F3N3O2S/c1-15-13-30(19-9-8-17(24(25,26)27)10-16(19)12-28)21(33-15)11-23(2,3)14-29-22(32)18-6-4-5-7-20(18)31/h4-11,13,31H,14H2,1-3H3,(H,29,32). The van der Waals surface area contributed by atoms with Crippen LogP contribution >= 0.6 is 11.8 Å². The lowest BCUT2D eigenvalue weighted by Gasteiger charge is -2.26. The lowest BCUT2D eigenvalue weighted by molar-refractivity contribution is -0.137. The van der Waals surface area contributed by atoms with Crippen molar-refractivity contribution >= 4 is 23.4 Å². The molecule has 5 nitrogen and oxygen atoms in total. The number of phenolic OH excluding ortho intramolecular Hbond substituents is 1. The summed E-state index contributed by atoms with van der Waals surface area (Å²) in [4.78, 5) is 15.0. The number of hydrogen-bond acceptors (Lipinski definition) is 5. The zero-order valence-electron chi connectivity index (χ0n) is 18.2. The first-order valence-electron chi connectivity index (χ1n) is 9.97. The summed E-state index contributed by atoms with van der Waals surface area (Å²) in [6, 6.07) is 11.2. The molecule has 172 valence electrons. The van der Waals surface area contributed by atoms with E-state index in [2.05, 4.69) is 5.32 Å². The number of benzene rings is 2. The number of amides is 1. The Bertz CT molecular complexity index is 1180. The summed E-state index contributed by atoms with van der Waals surface area (Å²) in [5.41, 5.74) is -1.01. The summed E-state index contributed by atoms with van der Waals surface area (Å²) in [6.07, 6.45) is -0.882.